The van der Waals surface area contributed by atoms with Gasteiger partial charge in [0.1, 0.15) is 5.75 Å². The van der Waals surface area contributed by atoms with Crippen LogP contribution in [-0.4, -0.2) is 6.61 Å². The minimum atomic E-state index is 0.186. The Kier molecular flexibility index (Phi) is 5.03. The highest BCUT2D eigenvalue weighted by molar-refractivity contribution is 5.31. The molecule has 0 spiro atoms. The molecule has 0 N–H and O–H groups in total. The molecule has 0 fully saturated rings. The molecule has 1 aromatic rings. The van der Waals surface area contributed by atoms with E-state index in [1.165, 1.54) is 5.56 Å². The van der Waals surface area contributed by atoms with Crippen LogP contribution in [0.2, 0.25) is 0 Å². The van der Waals surface area contributed by atoms with Gasteiger partial charge in [-0.1, -0.05) is 32.9 Å². The van der Waals surface area contributed by atoms with Gasteiger partial charge >= 0.3 is 0 Å². The zero-order chi connectivity index (χ0) is 12.7. The first kappa shape index (κ1) is 13.6. The summed E-state index contributed by atoms with van der Waals surface area (Å²) >= 11 is 0. The van der Waals surface area contributed by atoms with Gasteiger partial charge in [0.25, 0.3) is 0 Å². The summed E-state index contributed by atoms with van der Waals surface area (Å²) in [5.74, 6) is 0.912. The molecule has 0 heterocycles. The summed E-state index contributed by atoms with van der Waals surface area (Å²) in [7, 11) is 0. The predicted molar refractivity (Wildman–Crippen MR) is 70.1 cm³/mol. The molecule has 0 amide bonds. The van der Waals surface area contributed by atoms with Gasteiger partial charge in [0.15, 0.2) is 0 Å². The van der Waals surface area contributed by atoms with Crippen molar-refractivity contribution < 1.29 is 4.74 Å². The second kappa shape index (κ2) is 6.30. The third kappa shape index (κ3) is 4.91. The Morgan fingerprint density at radius 1 is 1.12 bits per heavy atom. The summed E-state index contributed by atoms with van der Waals surface area (Å²) in [6.45, 7) is 7.29. The molecule has 2 heteroatoms. The second-order valence-corrected chi connectivity index (χ2v) is 5.24. The molecule has 0 saturated heterocycles. The largest absolute Gasteiger partial charge is 0.494 e. The van der Waals surface area contributed by atoms with Gasteiger partial charge in [-0.25, -0.2) is 0 Å². The second-order valence-electron chi connectivity index (χ2n) is 5.24. The van der Waals surface area contributed by atoms with E-state index in [9.17, 15) is 0 Å². The number of hydrogen-bond donors (Lipinski definition) is 0. The van der Waals surface area contributed by atoms with Crippen LogP contribution in [0, 0.1) is 11.3 Å². The van der Waals surface area contributed by atoms with E-state index in [1.807, 2.05) is 12.1 Å². The zero-order valence-corrected chi connectivity index (χ0v) is 11.0. The molecule has 0 aliphatic rings. The molecule has 1 rings (SSSR count). The number of unbranched alkanes of at least 4 members (excludes halogenated alkanes) is 2. The van der Waals surface area contributed by atoms with Crippen LogP contribution in [0.1, 0.15) is 45.6 Å². The Morgan fingerprint density at radius 2 is 1.76 bits per heavy atom. The van der Waals surface area contributed by atoms with Gasteiger partial charge in [0.05, 0.1) is 12.7 Å². The van der Waals surface area contributed by atoms with E-state index in [2.05, 4.69) is 39.0 Å². The first-order valence-corrected chi connectivity index (χ1v) is 6.14. The van der Waals surface area contributed by atoms with Crippen molar-refractivity contribution in [3.8, 4) is 11.8 Å². The molecule has 0 bridgehead atoms. The molecule has 1 aromatic carbocycles. The van der Waals surface area contributed by atoms with Gasteiger partial charge in [-0.15, -0.1) is 0 Å². The van der Waals surface area contributed by atoms with Crippen LogP contribution >= 0.6 is 0 Å². The molecule has 0 atom stereocenters. The molecule has 0 aromatic heterocycles. The van der Waals surface area contributed by atoms with Gasteiger partial charge in [0.2, 0.25) is 0 Å². The third-order valence-corrected chi connectivity index (χ3v) is 2.67. The summed E-state index contributed by atoms with van der Waals surface area (Å²) in [5, 5.41) is 8.40. The lowest BCUT2D eigenvalue weighted by Crippen LogP contribution is -2.10. The number of hydrogen-bond acceptors (Lipinski definition) is 2. The summed E-state index contributed by atoms with van der Waals surface area (Å²) in [5.41, 5.74) is 1.50. The Hall–Kier alpha value is -1.49. The molecule has 0 saturated carbocycles. The van der Waals surface area contributed by atoms with E-state index in [0.29, 0.717) is 13.0 Å². The Labute approximate surface area is 104 Å². The number of nitrogens with zero attached hydrogens (tertiary/aromatic N) is 1. The van der Waals surface area contributed by atoms with Crippen molar-refractivity contribution in [3.63, 3.8) is 0 Å². The first-order valence-electron chi connectivity index (χ1n) is 6.14. The minimum absolute atomic E-state index is 0.186. The van der Waals surface area contributed by atoms with Crippen molar-refractivity contribution in [1.29, 1.82) is 5.26 Å². The summed E-state index contributed by atoms with van der Waals surface area (Å²) in [4.78, 5) is 0. The van der Waals surface area contributed by atoms with Crippen LogP contribution in [0.5, 0.6) is 5.75 Å². The lowest BCUT2D eigenvalue weighted by molar-refractivity contribution is 0.307. The van der Waals surface area contributed by atoms with Crippen LogP contribution in [-0.2, 0) is 5.41 Å². The zero-order valence-electron chi connectivity index (χ0n) is 11.0. The van der Waals surface area contributed by atoms with Crippen LogP contribution < -0.4 is 4.74 Å². The predicted octanol–water partition coefficient (Wildman–Crippen LogP) is 4.06. The molecule has 0 radical (unpaired) electrons. The quantitative estimate of drug-likeness (QED) is 0.716. The molecule has 2 nitrogen and oxygen atoms in total. The molecule has 0 aliphatic heterocycles. The third-order valence-electron chi connectivity index (χ3n) is 2.67. The smallest absolute Gasteiger partial charge is 0.119 e. The number of nitriles is 1. The molecule has 17 heavy (non-hydrogen) atoms. The van der Waals surface area contributed by atoms with Gasteiger partial charge in [-0.05, 0) is 36.0 Å². The lowest BCUT2D eigenvalue weighted by atomic mass is 9.87. The summed E-state index contributed by atoms with van der Waals surface area (Å²) in [6.07, 6.45) is 2.47. The maximum atomic E-state index is 8.40. The number of ether oxygens (including phenoxy) is 1. The monoisotopic (exact) mass is 231 g/mol. The highest BCUT2D eigenvalue weighted by atomic mass is 16.5. The van der Waals surface area contributed by atoms with Gasteiger partial charge in [-0.3, -0.25) is 0 Å². The van der Waals surface area contributed by atoms with Crippen molar-refractivity contribution in [2.75, 3.05) is 6.61 Å². The highest BCUT2D eigenvalue weighted by Crippen LogP contribution is 2.24. The van der Waals surface area contributed by atoms with E-state index < -0.39 is 0 Å². The molecule has 92 valence electrons. The Bertz CT molecular complexity index is 367. The van der Waals surface area contributed by atoms with Crippen LogP contribution in [0.25, 0.3) is 0 Å². The number of benzene rings is 1. The average molecular weight is 231 g/mol. The SMILES string of the molecule is CC(C)(C)c1ccc(OCCCCC#N)cc1. The first-order chi connectivity index (χ1) is 8.04. The standard InChI is InChI=1S/C15H21NO/c1-15(2,3)13-7-9-14(10-8-13)17-12-6-4-5-11-16/h7-10H,4-6,12H2,1-3H3. The maximum Gasteiger partial charge on any atom is 0.119 e. The average Bonchev–Trinajstić information content (AvgIpc) is 2.28. The van der Waals surface area contributed by atoms with Gasteiger partial charge in [0, 0.05) is 6.42 Å². The summed E-state index contributed by atoms with van der Waals surface area (Å²) < 4.78 is 5.61. The fourth-order valence-corrected chi connectivity index (χ4v) is 1.55. The van der Waals surface area contributed by atoms with Crippen molar-refractivity contribution in [2.24, 2.45) is 0 Å². The number of rotatable bonds is 5. The Balaban J connectivity index is 2.39. The Morgan fingerprint density at radius 3 is 2.29 bits per heavy atom. The fraction of sp³-hybridized carbons (Fsp3) is 0.533. The van der Waals surface area contributed by atoms with Gasteiger partial charge in [-0.2, -0.15) is 5.26 Å². The lowest BCUT2D eigenvalue weighted by Gasteiger charge is -2.19. The van der Waals surface area contributed by atoms with Crippen LogP contribution in [0.15, 0.2) is 24.3 Å². The summed E-state index contributed by atoms with van der Waals surface area (Å²) in [6, 6.07) is 10.4. The maximum absolute atomic E-state index is 8.40. The van der Waals surface area contributed by atoms with Crippen molar-refractivity contribution in [3.05, 3.63) is 29.8 Å². The van der Waals surface area contributed by atoms with E-state index >= 15 is 0 Å². The molecule has 0 unspecified atom stereocenters. The van der Waals surface area contributed by atoms with Gasteiger partial charge < -0.3 is 4.74 Å². The van der Waals surface area contributed by atoms with E-state index in [4.69, 9.17) is 10.00 Å². The van der Waals surface area contributed by atoms with Crippen molar-refractivity contribution >= 4 is 0 Å². The van der Waals surface area contributed by atoms with E-state index in [0.717, 1.165) is 18.6 Å². The van der Waals surface area contributed by atoms with Crippen molar-refractivity contribution in [2.45, 2.75) is 45.4 Å². The molecular weight excluding hydrogens is 210 g/mol. The topological polar surface area (TPSA) is 33.0 Å². The fourth-order valence-electron chi connectivity index (χ4n) is 1.55. The minimum Gasteiger partial charge on any atom is -0.494 e. The highest BCUT2D eigenvalue weighted by Gasteiger charge is 2.12. The van der Waals surface area contributed by atoms with Crippen LogP contribution in [0.4, 0.5) is 0 Å². The molecular formula is C15H21NO. The molecule has 0 aliphatic carbocycles. The van der Waals surface area contributed by atoms with Crippen molar-refractivity contribution in [1.82, 2.24) is 0 Å². The van der Waals surface area contributed by atoms with E-state index in [1.54, 1.807) is 0 Å². The normalized spacial score (nSPS) is 10.9. The van der Waals surface area contributed by atoms with E-state index in [-0.39, 0.29) is 5.41 Å². The van der Waals surface area contributed by atoms with Crippen LogP contribution in [0.3, 0.4) is 0 Å².